The van der Waals surface area contributed by atoms with E-state index >= 15 is 0 Å². The Balaban J connectivity index is 1.77. The number of benzene rings is 1. The molecule has 116 valence electrons. The minimum atomic E-state index is -0.848. The van der Waals surface area contributed by atoms with Crippen molar-refractivity contribution in [1.29, 1.82) is 0 Å². The summed E-state index contributed by atoms with van der Waals surface area (Å²) in [7, 11) is 0. The molecule has 2 aromatic rings. The van der Waals surface area contributed by atoms with Crippen molar-refractivity contribution >= 4 is 23.2 Å². The van der Waals surface area contributed by atoms with Gasteiger partial charge in [-0.15, -0.1) is 11.3 Å². The SMILES string of the molecule is O=C(O)CCCNC(=O)Cc1csc(Cc2ccccc2)n1. The van der Waals surface area contributed by atoms with Gasteiger partial charge in [0.2, 0.25) is 5.91 Å². The molecule has 0 saturated heterocycles. The summed E-state index contributed by atoms with van der Waals surface area (Å²) in [5, 5.41) is 14.1. The van der Waals surface area contributed by atoms with Crippen molar-refractivity contribution in [2.24, 2.45) is 0 Å². The Kier molecular flexibility index (Phi) is 6.09. The number of aromatic nitrogens is 1. The molecule has 2 rings (SSSR count). The van der Waals surface area contributed by atoms with Gasteiger partial charge in [-0.2, -0.15) is 0 Å². The number of carbonyl (C=O) groups excluding carboxylic acids is 1. The Morgan fingerprint density at radius 1 is 1.23 bits per heavy atom. The number of rotatable bonds is 8. The van der Waals surface area contributed by atoms with Crippen molar-refractivity contribution in [3.05, 3.63) is 52.0 Å². The monoisotopic (exact) mass is 318 g/mol. The van der Waals surface area contributed by atoms with Crippen molar-refractivity contribution < 1.29 is 14.7 Å². The van der Waals surface area contributed by atoms with E-state index in [0.717, 1.165) is 17.1 Å². The number of thiazole rings is 1. The highest BCUT2D eigenvalue weighted by atomic mass is 32.1. The van der Waals surface area contributed by atoms with Gasteiger partial charge in [0.25, 0.3) is 0 Å². The summed E-state index contributed by atoms with van der Waals surface area (Å²) in [4.78, 5) is 26.6. The Labute approximate surface area is 133 Å². The second-order valence-electron chi connectivity index (χ2n) is 4.92. The summed E-state index contributed by atoms with van der Waals surface area (Å²) in [6.45, 7) is 0.381. The third kappa shape index (κ3) is 5.65. The highest BCUT2D eigenvalue weighted by Gasteiger charge is 2.08. The van der Waals surface area contributed by atoms with E-state index in [-0.39, 0.29) is 18.7 Å². The molecule has 0 aliphatic heterocycles. The van der Waals surface area contributed by atoms with Gasteiger partial charge in [0.15, 0.2) is 0 Å². The molecule has 0 spiro atoms. The molecule has 22 heavy (non-hydrogen) atoms. The van der Waals surface area contributed by atoms with E-state index in [1.165, 1.54) is 5.56 Å². The summed E-state index contributed by atoms with van der Waals surface area (Å²) < 4.78 is 0. The predicted octanol–water partition coefficient (Wildman–Crippen LogP) is 2.26. The van der Waals surface area contributed by atoms with E-state index in [9.17, 15) is 9.59 Å². The number of carbonyl (C=O) groups is 2. The van der Waals surface area contributed by atoms with Crippen molar-refractivity contribution in [1.82, 2.24) is 10.3 Å². The maximum Gasteiger partial charge on any atom is 0.303 e. The number of nitrogens with zero attached hydrogens (tertiary/aromatic N) is 1. The van der Waals surface area contributed by atoms with Crippen LogP contribution in [-0.4, -0.2) is 28.5 Å². The van der Waals surface area contributed by atoms with Crippen LogP contribution < -0.4 is 5.32 Å². The average molecular weight is 318 g/mol. The topological polar surface area (TPSA) is 79.3 Å². The summed E-state index contributed by atoms with van der Waals surface area (Å²) in [5.74, 6) is -0.971. The van der Waals surface area contributed by atoms with Gasteiger partial charge in [-0.25, -0.2) is 4.98 Å². The molecule has 0 radical (unpaired) electrons. The van der Waals surface area contributed by atoms with Crippen LogP contribution in [0.4, 0.5) is 0 Å². The van der Waals surface area contributed by atoms with Gasteiger partial charge in [0.1, 0.15) is 0 Å². The molecule has 0 unspecified atom stereocenters. The van der Waals surface area contributed by atoms with Crippen LogP contribution in [0.5, 0.6) is 0 Å². The standard InChI is InChI=1S/C16H18N2O3S/c19-14(17-8-4-7-16(20)21)10-13-11-22-15(18-13)9-12-5-2-1-3-6-12/h1-3,5-6,11H,4,7-10H2,(H,17,19)(H,20,21). The zero-order chi connectivity index (χ0) is 15.8. The average Bonchev–Trinajstić information content (AvgIpc) is 2.91. The summed E-state index contributed by atoms with van der Waals surface area (Å²) in [6, 6.07) is 10.1. The molecule has 0 saturated carbocycles. The summed E-state index contributed by atoms with van der Waals surface area (Å²) in [6.07, 6.45) is 1.51. The Morgan fingerprint density at radius 2 is 2.00 bits per heavy atom. The van der Waals surface area contributed by atoms with Crippen LogP contribution in [-0.2, 0) is 22.4 Å². The second kappa shape index (κ2) is 8.29. The van der Waals surface area contributed by atoms with Crippen molar-refractivity contribution in [3.63, 3.8) is 0 Å². The molecule has 6 heteroatoms. The smallest absolute Gasteiger partial charge is 0.303 e. The highest BCUT2D eigenvalue weighted by Crippen LogP contribution is 2.15. The van der Waals surface area contributed by atoms with E-state index < -0.39 is 5.97 Å². The maximum absolute atomic E-state index is 11.7. The van der Waals surface area contributed by atoms with E-state index in [1.807, 2.05) is 23.6 Å². The molecule has 5 nitrogen and oxygen atoms in total. The third-order valence-corrected chi connectivity index (χ3v) is 3.93. The molecule has 1 aromatic heterocycles. The van der Waals surface area contributed by atoms with Gasteiger partial charge in [0.05, 0.1) is 17.1 Å². The number of hydrogen-bond acceptors (Lipinski definition) is 4. The van der Waals surface area contributed by atoms with Gasteiger partial charge in [-0.1, -0.05) is 30.3 Å². The molecule has 0 atom stereocenters. The highest BCUT2D eigenvalue weighted by molar-refractivity contribution is 7.09. The summed E-state index contributed by atoms with van der Waals surface area (Å²) >= 11 is 1.55. The van der Waals surface area contributed by atoms with Crippen LogP contribution >= 0.6 is 11.3 Å². The van der Waals surface area contributed by atoms with E-state index in [0.29, 0.717) is 13.0 Å². The first-order valence-corrected chi connectivity index (χ1v) is 7.97. The minimum Gasteiger partial charge on any atom is -0.481 e. The molecule has 0 aliphatic rings. The second-order valence-corrected chi connectivity index (χ2v) is 5.86. The zero-order valence-electron chi connectivity index (χ0n) is 12.1. The number of hydrogen-bond donors (Lipinski definition) is 2. The van der Waals surface area contributed by atoms with Gasteiger partial charge in [-0.05, 0) is 12.0 Å². The molecular formula is C16H18N2O3S. The number of carboxylic acids is 1. The van der Waals surface area contributed by atoms with E-state index in [4.69, 9.17) is 5.11 Å². The lowest BCUT2D eigenvalue weighted by atomic mass is 10.2. The zero-order valence-corrected chi connectivity index (χ0v) is 12.9. The molecule has 0 fully saturated rings. The van der Waals surface area contributed by atoms with Gasteiger partial charge < -0.3 is 10.4 Å². The fraction of sp³-hybridized carbons (Fsp3) is 0.312. The number of amides is 1. The van der Waals surface area contributed by atoms with Crippen LogP contribution in [0.3, 0.4) is 0 Å². The number of aliphatic carboxylic acids is 1. The Hall–Kier alpha value is -2.21. The predicted molar refractivity (Wildman–Crippen MR) is 84.9 cm³/mol. The number of carboxylic acid groups (broad SMARTS) is 1. The van der Waals surface area contributed by atoms with Crippen LogP contribution in [0.25, 0.3) is 0 Å². The molecule has 0 bridgehead atoms. The third-order valence-electron chi connectivity index (χ3n) is 3.03. The molecule has 1 heterocycles. The maximum atomic E-state index is 11.7. The van der Waals surface area contributed by atoms with Crippen LogP contribution in [0.1, 0.15) is 29.1 Å². The van der Waals surface area contributed by atoms with E-state index in [2.05, 4.69) is 22.4 Å². The van der Waals surface area contributed by atoms with Gasteiger partial charge in [-0.3, -0.25) is 9.59 Å². The first-order valence-electron chi connectivity index (χ1n) is 7.09. The first-order chi connectivity index (χ1) is 10.6. The molecule has 2 N–H and O–H groups in total. The largest absolute Gasteiger partial charge is 0.481 e. The van der Waals surface area contributed by atoms with Crippen molar-refractivity contribution in [3.8, 4) is 0 Å². The fourth-order valence-electron chi connectivity index (χ4n) is 1.98. The molecule has 1 amide bonds. The molecular weight excluding hydrogens is 300 g/mol. The lowest BCUT2D eigenvalue weighted by Gasteiger charge is -2.02. The van der Waals surface area contributed by atoms with Gasteiger partial charge >= 0.3 is 5.97 Å². The molecule has 0 aliphatic carbocycles. The summed E-state index contributed by atoms with van der Waals surface area (Å²) in [5.41, 5.74) is 1.95. The van der Waals surface area contributed by atoms with Gasteiger partial charge in [0, 0.05) is 24.8 Å². The van der Waals surface area contributed by atoms with Crippen LogP contribution in [0.2, 0.25) is 0 Å². The molecule has 1 aromatic carbocycles. The van der Waals surface area contributed by atoms with E-state index in [1.54, 1.807) is 11.3 Å². The fourth-order valence-corrected chi connectivity index (χ4v) is 2.80. The normalized spacial score (nSPS) is 10.4. The van der Waals surface area contributed by atoms with Crippen molar-refractivity contribution in [2.45, 2.75) is 25.7 Å². The lowest BCUT2D eigenvalue weighted by molar-refractivity contribution is -0.137. The quantitative estimate of drug-likeness (QED) is 0.732. The van der Waals surface area contributed by atoms with Crippen molar-refractivity contribution in [2.75, 3.05) is 6.54 Å². The lowest BCUT2D eigenvalue weighted by Crippen LogP contribution is -2.26. The van der Waals surface area contributed by atoms with Crippen LogP contribution in [0.15, 0.2) is 35.7 Å². The first kappa shape index (κ1) is 16.2. The Morgan fingerprint density at radius 3 is 2.73 bits per heavy atom. The van der Waals surface area contributed by atoms with Crippen LogP contribution in [0, 0.1) is 0 Å². The number of nitrogens with one attached hydrogen (secondary N) is 1. The Bertz CT molecular complexity index is 625. The minimum absolute atomic E-state index is 0.0677.